The highest BCUT2D eigenvalue weighted by Gasteiger charge is 2.23. The van der Waals surface area contributed by atoms with Crippen LogP contribution in [-0.4, -0.2) is 21.1 Å². The molecule has 0 unspecified atom stereocenters. The number of pyridine rings is 2. The van der Waals surface area contributed by atoms with Gasteiger partial charge in [-0.25, -0.2) is 4.98 Å². The minimum absolute atomic E-state index is 0.0416. The maximum Gasteiger partial charge on any atom is 0.322 e. The summed E-state index contributed by atoms with van der Waals surface area (Å²) >= 11 is 7.15. The van der Waals surface area contributed by atoms with Crippen LogP contribution in [0.4, 0.5) is 5.69 Å². The van der Waals surface area contributed by atoms with Crippen LogP contribution in [0.15, 0.2) is 23.4 Å². The molecule has 0 aliphatic heterocycles. The highest BCUT2D eigenvalue weighted by atomic mass is 35.5. The number of nitro groups is 1. The topological polar surface area (TPSA) is 68.9 Å². The van der Waals surface area contributed by atoms with Crippen LogP contribution in [0.3, 0.4) is 0 Å². The molecule has 5 nitrogen and oxygen atoms in total. The second-order valence-electron chi connectivity index (χ2n) is 2.91. The molecule has 0 amide bonds. The predicted octanol–water partition coefficient (Wildman–Crippen LogP) is 2.91. The lowest BCUT2D eigenvalue weighted by Crippen LogP contribution is -1.96. The van der Waals surface area contributed by atoms with E-state index in [1.54, 1.807) is 18.4 Å². The third kappa shape index (κ3) is 1.70. The van der Waals surface area contributed by atoms with Gasteiger partial charge in [-0.05, 0) is 18.4 Å². The third-order valence-electron chi connectivity index (χ3n) is 2.00. The molecule has 0 radical (unpaired) electrons. The van der Waals surface area contributed by atoms with Crippen molar-refractivity contribution < 1.29 is 4.92 Å². The fourth-order valence-electron chi connectivity index (χ4n) is 1.33. The monoisotopic (exact) mass is 255 g/mol. The SMILES string of the molecule is CSc1nc2cccnc2c(Cl)c1[N+](=O)[O-]. The van der Waals surface area contributed by atoms with Crippen LogP contribution in [0, 0.1) is 10.1 Å². The van der Waals surface area contributed by atoms with Crippen LogP contribution < -0.4 is 0 Å². The molecule has 0 saturated carbocycles. The molecule has 0 aromatic carbocycles. The maximum atomic E-state index is 10.9. The molecule has 2 aromatic heterocycles. The number of hydrogen-bond acceptors (Lipinski definition) is 5. The Kier molecular flexibility index (Phi) is 2.93. The fourth-order valence-corrected chi connectivity index (χ4v) is 2.24. The quantitative estimate of drug-likeness (QED) is 0.469. The summed E-state index contributed by atoms with van der Waals surface area (Å²) in [6, 6.07) is 3.43. The van der Waals surface area contributed by atoms with Gasteiger partial charge in [0.25, 0.3) is 0 Å². The number of aromatic nitrogens is 2. The van der Waals surface area contributed by atoms with E-state index in [9.17, 15) is 10.1 Å². The molecule has 2 rings (SSSR count). The molecule has 16 heavy (non-hydrogen) atoms. The minimum Gasteiger partial charge on any atom is -0.258 e. The van der Waals surface area contributed by atoms with Crippen LogP contribution in [0.25, 0.3) is 11.0 Å². The van der Waals surface area contributed by atoms with Crippen molar-refractivity contribution in [1.82, 2.24) is 9.97 Å². The number of fused-ring (bicyclic) bond motifs is 1. The van der Waals surface area contributed by atoms with Crippen molar-refractivity contribution >= 4 is 40.1 Å². The van der Waals surface area contributed by atoms with Crippen molar-refractivity contribution in [3.8, 4) is 0 Å². The van der Waals surface area contributed by atoms with E-state index in [0.29, 0.717) is 16.1 Å². The van der Waals surface area contributed by atoms with Crippen LogP contribution in [-0.2, 0) is 0 Å². The molecule has 0 aliphatic carbocycles. The summed E-state index contributed by atoms with van der Waals surface area (Å²) in [7, 11) is 0. The fraction of sp³-hybridized carbons (Fsp3) is 0.111. The number of halogens is 1. The molecule has 2 heterocycles. The molecule has 0 spiro atoms. The highest BCUT2D eigenvalue weighted by molar-refractivity contribution is 7.98. The smallest absolute Gasteiger partial charge is 0.258 e. The van der Waals surface area contributed by atoms with Crippen molar-refractivity contribution in [3.05, 3.63) is 33.5 Å². The molecule has 0 fully saturated rings. The lowest BCUT2D eigenvalue weighted by atomic mass is 10.3. The molecule has 0 aliphatic rings. The molecule has 0 atom stereocenters. The molecule has 0 bridgehead atoms. The van der Waals surface area contributed by atoms with E-state index in [-0.39, 0.29) is 10.7 Å². The van der Waals surface area contributed by atoms with E-state index in [1.165, 1.54) is 18.0 Å². The summed E-state index contributed by atoms with van der Waals surface area (Å²) in [4.78, 5) is 18.5. The predicted molar refractivity (Wildman–Crippen MR) is 63.0 cm³/mol. The first-order chi connectivity index (χ1) is 7.65. The van der Waals surface area contributed by atoms with Gasteiger partial charge in [0.05, 0.1) is 10.4 Å². The van der Waals surface area contributed by atoms with Gasteiger partial charge in [0.15, 0.2) is 5.03 Å². The zero-order valence-corrected chi connectivity index (χ0v) is 9.75. The Labute approximate surface area is 100.0 Å². The molecule has 82 valence electrons. The molecule has 0 N–H and O–H groups in total. The summed E-state index contributed by atoms with van der Waals surface area (Å²) in [5.41, 5.74) is 0.733. The van der Waals surface area contributed by atoms with Crippen molar-refractivity contribution in [1.29, 1.82) is 0 Å². The van der Waals surface area contributed by atoms with Gasteiger partial charge in [-0.15, -0.1) is 11.8 Å². The Morgan fingerprint density at radius 2 is 2.31 bits per heavy atom. The first-order valence-corrected chi connectivity index (χ1v) is 5.88. The van der Waals surface area contributed by atoms with Crippen LogP contribution in [0.5, 0.6) is 0 Å². The third-order valence-corrected chi connectivity index (χ3v) is 3.03. The second-order valence-corrected chi connectivity index (χ2v) is 4.08. The van der Waals surface area contributed by atoms with Crippen molar-refractivity contribution in [3.63, 3.8) is 0 Å². The first kappa shape index (κ1) is 11.1. The van der Waals surface area contributed by atoms with Gasteiger partial charge in [0.2, 0.25) is 0 Å². The van der Waals surface area contributed by atoms with E-state index in [2.05, 4.69) is 9.97 Å². The van der Waals surface area contributed by atoms with Gasteiger partial charge in [0, 0.05) is 6.20 Å². The van der Waals surface area contributed by atoms with Crippen LogP contribution in [0.2, 0.25) is 5.02 Å². The van der Waals surface area contributed by atoms with E-state index in [4.69, 9.17) is 11.6 Å². The second kappa shape index (κ2) is 4.23. The molecule has 7 heteroatoms. The normalized spacial score (nSPS) is 10.6. The Morgan fingerprint density at radius 3 is 2.94 bits per heavy atom. The molecule has 0 saturated heterocycles. The Balaban J connectivity index is 2.87. The zero-order valence-electron chi connectivity index (χ0n) is 8.18. The summed E-state index contributed by atoms with van der Waals surface area (Å²) in [5.74, 6) is 0. The van der Waals surface area contributed by atoms with Crippen molar-refractivity contribution in [2.45, 2.75) is 5.03 Å². The molecule has 2 aromatic rings. The minimum atomic E-state index is -0.532. The van der Waals surface area contributed by atoms with E-state index in [0.717, 1.165) is 0 Å². The highest BCUT2D eigenvalue weighted by Crippen LogP contribution is 2.36. The summed E-state index contributed by atoms with van der Waals surface area (Å²) in [5, 5.41) is 11.2. The van der Waals surface area contributed by atoms with Gasteiger partial charge in [-0.3, -0.25) is 15.1 Å². The standard InChI is InChI=1S/C9H6ClN3O2S/c1-16-9-8(13(14)15)6(10)7-5(12-9)3-2-4-11-7/h2-4H,1H3. The van der Waals surface area contributed by atoms with E-state index >= 15 is 0 Å². The molecular formula is C9H6ClN3O2S. The lowest BCUT2D eigenvalue weighted by Gasteiger charge is -2.03. The van der Waals surface area contributed by atoms with Crippen LogP contribution in [0.1, 0.15) is 0 Å². The van der Waals surface area contributed by atoms with Gasteiger partial charge in [0.1, 0.15) is 10.5 Å². The Hall–Kier alpha value is -1.40. The van der Waals surface area contributed by atoms with Gasteiger partial charge in [-0.2, -0.15) is 0 Å². The van der Waals surface area contributed by atoms with Gasteiger partial charge in [-0.1, -0.05) is 11.6 Å². The Morgan fingerprint density at radius 1 is 1.56 bits per heavy atom. The van der Waals surface area contributed by atoms with Crippen molar-refractivity contribution in [2.24, 2.45) is 0 Å². The molecular weight excluding hydrogens is 250 g/mol. The largest absolute Gasteiger partial charge is 0.322 e. The summed E-state index contributed by atoms with van der Waals surface area (Å²) in [6.07, 6.45) is 3.24. The summed E-state index contributed by atoms with van der Waals surface area (Å²) < 4.78 is 0. The van der Waals surface area contributed by atoms with Gasteiger partial charge >= 0.3 is 5.69 Å². The average molecular weight is 256 g/mol. The van der Waals surface area contributed by atoms with Crippen molar-refractivity contribution in [2.75, 3.05) is 6.26 Å². The summed E-state index contributed by atoms with van der Waals surface area (Å²) in [6.45, 7) is 0. The van der Waals surface area contributed by atoms with E-state index in [1.807, 2.05) is 0 Å². The number of thioether (sulfide) groups is 1. The van der Waals surface area contributed by atoms with Crippen LogP contribution >= 0.6 is 23.4 Å². The average Bonchev–Trinajstić information content (AvgIpc) is 2.28. The first-order valence-electron chi connectivity index (χ1n) is 4.27. The maximum absolute atomic E-state index is 10.9. The number of hydrogen-bond donors (Lipinski definition) is 0. The number of rotatable bonds is 2. The van der Waals surface area contributed by atoms with E-state index < -0.39 is 4.92 Å². The zero-order chi connectivity index (χ0) is 11.7. The Bertz CT molecular complexity index is 576. The lowest BCUT2D eigenvalue weighted by molar-refractivity contribution is -0.387. The van der Waals surface area contributed by atoms with Gasteiger partial charge < -0.3 is 0 Å². The number of nitrogens with zero attached hydrogens (tertiary/aromatic N) is 3.